The number of carbonyl (C=O) groups excluding carboxylic acids is 3. The number of thioether (sulfide) groups is 1. The third-order valence-electron chi connectivity index (χ3n) is 8.04. The highest BCUT2D eigenvalue weighted by molar-refractivity contribution is 8.14. The molecule has 6 rings (SSSR count). The van der Waals surface area contributed by atoms with Gasteiger partial charge in [-0.1, -0.05) is 61.4 Å². The van der Waals surface area contributed by atoms with E-state index in [2.05, 4.69) is 27.3 Å². The number of amides is 3. The molecule has 9 nitrogen and oxygen atoms in total. The fourth-order valence-electron chi connectivity index (χ4n) is 5.88. The lowest BCUT2D eigenvalue weighted by Gasteiger charge is -2.36. The number of nitrogens with zero attached hydrogens (tertiary/aromatic N) is 5. The summed E-state index contributed by atoms with van der Waals surface area (Å²) >= 11 is 1.31. The molecule has 2 fully saturated rings. The van der Waals surface area contributed by atoms with Crippen molar-refractivity contribution in [2.45, 2.75) is 50.6 Å². The molecule has 0 aromatic heterocycles. The molecule has 2 aromatic carbocycles. The first-order valence-electron chi connectivity index (χ1n) is 14.2. The number of rotatable bonds is 6. The van der Waals surface area contributed by atoms with E-state index in [1.807, 2.05) is 47.4 Å². The van der Waals surface area contributed by atoms with Crippen molar-refractivity contribution in [3.05, 3.63) is 60.2 Å². The van der Waals surface area contributed by atoms with Gasteiger partial charge < -0.3 is 15.1 Å². The van der Waals surface area contributed by atoms with Crippen LogP contribution in [-0.4, -0.2) is 82.5 Å². The van der Waals surface area contributed by atoms with E-state index in [-0.39, 0.29) is 35.9 Å². The average molecular weight is 559 g/mol. The third-order valence-corrected chi connectivity index (χ3v) is 8.97. The highest BCUT2D eigenvalue weighted by Gasteiger charge is 2.43. The van der Waals surface area contributed by atoms with Crippen molar-refractivity contribution in [1.82, 2.24) is 15.1 Å². The first-order chi connectivity index (χ1) is 19.6. The van der Waals surface area contributed by atoms with E-state index in [0.717, 1.165) is 44.3 Å². The van der Waals surface area contributed by atoms with Crippen LogP contribution in [0.4, 0.5) is 11.4 Å². The molecule has 0 spiro atoms. The van der Waals surface area contributed by atoms with Crippen LogP contribution >= 0.6 is 11.8 Å². The fourth-order valence-corrected chi connectivity index (χ4v) is 6.83. The van der Waals surface area contributed by atoms with E-state index in [0.29, 0.717) is 29.8 Å². The van der Waals surface area contributed by atoms with Crippen LogP contribution in [-0.2, 0) is 14.4 Å². The lowest BCUT2D eigenvalue weighted by atomic mass is 9.95. The van der Waals surface area contributed by atoms with E-state index >= 15 is 0 Å². The van der Waals surface area contributed by atoms with Crippen molar-refractivity contribution in [3.63, 3.8) is 0 Å². The number of hydrogen-bond donors (Lipinski definition) is 1. The molecule has 1 saturated carbocycles. The van der Waals surface area contributed by atoms with Crippen LogP contribution < -0.4 is 10.2 Å². The standard InChI is InChI=1S/C30H34N6O3S/c37-26(31-21-9-3-1-4-10-21)19-25-29(39)33-28-23-13-7-8-14-24(23)32-30(36(25)28)40-20-27(38)35-17-15-34(16-18-35)22-11-5-2-6-12-22/h2,5-8,11-14,21,25H,1,3-4,9-10,15-20H2,(H,31,37). The Morgan fingerprint density at radius 3 is 2.40 bits per heavy atom. The van der Waals surface area contributed by atoms with Gasteiger partial charge in [0.05, 0.1) is 17.9 Å². The Hall–Kier alpha value is -3.66. The van der Waals surface area contributed by atoms with Crippen LogP contribution in [0.25, 0.3) is 0 Å². The molecule has 2 aromatic rings. The zero-order valence-electron chi connectivity index (χ0n) is 22.5. The molecule has 1 N–H and O–H groups in total. The van der Waals surface area contributed by atoms with Crippen LogP contribution in [0.2, 0.25) is 0 Å². The van der Waals surface area contributed by atoms with Crippen LogP contribution in [0.5, 0.6) is 0 Å². The number of aliphatic imine (C=N–C) groups is 2. The Bertz CT molecular complexity index is 1330. The maximum atomic E-state index is 13.2. The van der Waals surface area contributed by atoms with Gasteiger partial charge in [0.25, 0.3) is 5.91 Å². The molecule has 3 amide bonds. The molecule has 208 valence electrons. The Morgan fingerprint density at radius 1 is 0.900 bits per heavy atom. The highest BCUT2D eigenvalue weighted by Crippen LogP contribution is 2.35. The zero-order valence-corrected chi connectivity index (χ0v) is 23.3. The van der Waals surface area contributed by atoms with Gasteiger partial charge in [-0.25, -0.2) is 4.99 Å². The molecule has 4 aliphatic rings. The second-order valence-electron chi connectivity index (χ2n) is 10.7. The number of fused-ring (bicyclic) bond motifs is 3. The van der Waals surface area contributed by atoms with Gasteiger partial charge in [0.15, 0.2) is 5.17 Å². The molecule has 3 aliphatic heterocycles. The molecule has 0 bridgehead atoms. The fraction of sp³-hybridized carbons (Fsp3) is 0.433. The Kier molecular flexibility index (Phi) is 7.86. The Morgan fingerprint density at radius 2 is 1.62 bits per heavy atom. The molecule has 40 heavy (non-hydrogen) atoms. The second kappa shape index (κ2) is 11.8. The average Bonchev–Trinajstić information content (AvgIpc) is 3.32. The van der Waals surface area contributed by atoms with Crippen molar-refractivity contribution in [3.8, 4) is 0 Å². The second-order valence-corrected chi connectivity index (χ2v) is 11.6. The molecule has 1 unspecified atom stereocenters. The maximum absolute atomic E-state index is 13.2. The number of carbonyl (C=O) groups is 3. The SMILES string of the molecule is O=C(CC1C(=O)N=C2c3ccccc3N=C(SCC(=O)N3CCN(c4ccccc4)CC3)N21)NC1CCCCC1. The van der Waals surface area contributed by atoms with Crippen LogP contribution in [0.15, 0.2) is 64.6 Å². The van der Waals surface area contributed by atoms with Crippen LogP contribution in [0.1, 0.15) is 44.1 Å². The number of piperazine rings is 1. The summed E-state index contributed by atoms with van der Waals surface area (Å²) in [4.78, 5) is 54.5. The largest absolute Gasteiger partial charge is 0.368 e. The summed E-state index contributed by atoms with van der Waals surface area (Å²) in [6.07, 6.45) is 5.41. The summed E-state index contributed by atoms with van der Waals surface area (Å²) in [7, 11) is 0. The van der Waals surface area contributed by atoms with E-state index in [1.54, 1.807) is 4.90 Å². The summed E-state index contributed by atoms with van der Waals surface area (Å²) in [6.45, 7) is 2.87. The minimum absolute atomic E-state index is 0.0134. The Balaban J connectivity index is 1.13. The molecule has 1 saturated heterocycles. The Labute approximate surface area is 238 Å². The van der Waals surface area contributed by atoms with Gasteiger partial charge in [-0.15, -0.1) is 0 Å². The first kappa shape index (κ1) is 26.6. The van der Waals surface area contributed by atoms with Gasteiger partial charge in [0.1, 0.15) is 11.9 Å². The van der Waals surface area contributed by atoms with Crippen LogP contribution in [0.3, 0.4) is 0 Å². The van der Waals surface area contributed by atoms with Crippen molar-refractivity contribution in [2.24, 2.45) is 9.98 Å². The zero-order chi connectivity index (χ0) is 27.5. The van der Waals surface area contributed by atoms with E-state index in [4.69, 9.17) is 4.99 Å². The summed E-state index contributed by atoms with van der Waals surface area (Å²) in [5.74, 6) is 0.262. The van der Waals surface area contributed by atoms with Crippen LogP contribution in [0, 0.1) is 0 Å². The highest BCUT2D eigenvalue weighted by atomic mass is 32.2. The molecule has 3 heterocycles. The molecule has 10 heteroatoms. The molecule has 0 radical (unpaired) electrons. The number of nitrogens with one attached hydrogen (secondary N) is 1. The predicted molar refractivity (Wildman–Crippen MR) is 158 cm³/mol. The number of benzene rings is 2. The molecule has 1 atom stereocenters. The lowest BCUT2D eigenvalue weighted by molar-refractivity contribution is -0.128. The minimum Gasteiger partial charge on any atom is -0.368 e. The number of hydrogen-bond acceptors (Lipinski definition) is 7. The van der Waals surface area contributed by atoms with Crippen molar-refractivity contribution < 1.29 is 14.4 Å². The van der Waals surface area contributed by atoms with E-state index in [9.17, 15) is 14.4 Å². The van der Waals surface area contributed by atoms with Gasteiger partial charge in [-0.05, 0) is 37.1 Å². The topological polar surface area (TPSA) is 97.7 Å². The van der Waals surface area contributed by atoms with Crippen molar-refractivity contribution >= 4 is 51.9 Å². The quantitative estimate of drug-likeness (QED) is 0.582. The van der Waals surface area contributed by atoms with E-state index in [1.165, 1.54) is 23.9 Å². The number of amidine groups is 2. The van der Waals surface area contributed by atoms with Gasteiger partial charge >= 0.3 is 0 Å². The third kappa shape index (κ3) is 5.63. The van der Waals surface area contributed by atoms with Crippen molar-refractivity contribution in [2.75, 3.05) is 36.8 Å². The van der Waals surface area contributed by atoms with E-state index < -0.39 is 6.04 Å². The first-order valence-corrected chi connectivity index (χ1v) is 15.1. The minimum atomic E-state index is -0.761. The van der Waals surface area contributed by atoms with Gasteiger partial charge in [-0.2, -0.15) is 4.99 Å². The smallest absolute Gasteiger partial charge is 0.271 e. The molecule has 1 aliphatic carbocycles. The normalized spacial score (nSPS) is 20.9. The van der Waals surface area contributed by atoms with Gasteiger partial charge in [0.2, 0.25) is 11.8 Å². The molecular formula is C30H34N6O3S. The summed E-state index contributed by atoms with van der Waals surface area (Å²) < 4.78 is 0. The summed E-state index contributed by atoms with van der Waals surface area (Å²) in [5.41, 5.74) is 2.64. The van der Waals surface area contributed by atoms with Crippen molar-refractivity contribution in [1.29, 1.82) is 0 Å². The predicted octanol–water partition coefficient (Wildman–Crippen LogP) is 3.57. The monoisotopic (exact) mass is 558 g/mol. The number of para-hydroxylation sites is 2. The summed E-state index contributed by atoms with van der Waals surface area (Å²) in [5, 5.41) is 3.66. The maximum Gasteiger partial charge on any atom is 0.271 e. The number of anilines is 1. The van der Waals surface area contributed by atoms with Gasteiger partial charge in [0, 0.05) is 43.5 Å². The van der Waals surface area contributed by atoms with Gasteiger partial charge in [-0.3, -0.25) is 19.3 Å². The summed E-state index contributed by atoms with van der Waals surface area (Å²) in [6, 6.07) is 17.2. The lowest BCUT2D eigenvalue weighted by Crippen LogP contribution is -2.50. The molecular weight excluding hydrogens is 524 g/mol.